The standard InChI is InChI=1S/C15H12ClN3O3/c1-8(22-15(21)12-6-9(16)7-17-12)13-18-11-5-3-2-4-10(11)14(20)19-13/h2-8,17H,1H3,(H,18,19,20)/t8-/m1/s1. The number of para-hydroxylation sites is 1. The van der Waals surface area contributed by atoms with E-state index < -0.39 is 12.1 Å². The lowest BCUT2D eigenvalue weighted by Crippen LogP contribution is -2.17. The molecule has 0 spiro atoms. The van der Waals surface area contributed by atoms with Crippen molar-refractivity contribution in [1.29, 1.82) is 0 Å². The zero-order valence-corrected chi connectivity index (χ0v) is 12.3. The zero-order valence-electron chi connectivity index (χ0n) is 11.6. The minimum absolute atomic E-state index is 0.236. The van der Waals surface area contributed by atoms with Crippen molar-refractivity contribution in [3.63, 3.8) is 0 Å². The number of aromatic nitrogens is 3. The predicted octanol–water partition coefficient (Wildman–Crippen LogP) is 2.82. The highest BCUT2D eigenvalue weighted by molar-refractivity contribution is 6.30. The Morgan fingerprint density at radius 1 is 1.36 bits per heavy atom. The monoisotopic (exact) mass is 317 g/mol. The Labute approximate surface area is 130 Å². The zero-order chi connectivity index (χ0) is 15.7. The van der Waals surface area contributed by atoms with Crippen LogP contribution >= 0.6 is 11.6 Å². The fourth-order valence-corrected chi connectivity index (χ4v) is 2.23. The first-order valence-corrected chi connectivity index (χ1v) is 6.96. The molecule has 3 aromatic rings. The largest absolute Gasteiger partial charge is 0.450 e. The summed E-state index contributed by atoms with van der Waals surface area (Å²) in [4.78, 5) is 33.6. The molecule has 2 N–H and O–H groups in total. The number of nitrogens with zero attached hydrogens (tertiary/aromatic N) is 1. The lowest BCUT2D eigenvalue weighted by Gasteiger charge is -2.12. The SMILES string of the molecule is C[C@@H](OC(=O)c1cc(Cl)c[nH]1)c1nc2ccccc2c(=O)[nH]1. The molecule has 1 aromatic carbocycles. The van der Waals surface area contributed by atoms with E-state index in [9.17, 15) is 9.59 Å². The molecule has 112 valence electrons. The maximum Gasteiger partial charge on any atom is 0.355 e. The molecule has 2 heterocycles. The summed E-state index contributed by atoms with van der Waals surface area (Å²) in [5.74, 6) is -0.287. The summed E-state index contributed by atoms with van der Waals surface area (Å²) in [5, 5.41) is 0.901. The number of nitrogens with one attached hydrogen (secondary N) is 2. The Balaban J connectivity index is 1.87. The second-order valence-electron chi connectivity index (χ2n) is 4.75. The van der Waals surface area contributed by atoms with E-state index in [4.69, 9.17) is 16.3 Å². The number of rotatable bonds is 3. The number of benzene rings is 1. The number of halogens is 1. The Morgan fingerprint density at radius 2 is 2.14 bits per heavy atom. The van der Waals surface area contributed by atoms with Crippen LogP contribution in [0.2, 0.25) is 5.02 Å². The van der Waals surface area contributed by atoms with Crippen LogP contribution in [-0.4, -0.2) is 20.9 Å². The lowest BCUT2D eigenvalue weighted by molar-refractivity contribution is 0.0314. The Kier molecular flexibility index (Phi) is 3.68. The van der Waals surface area contributed by atoms with Crippen molar-refractivity contribution < 1.29 is 9.53 Å². The van der Waals surface area contributed by atoms with E-state index in [0.29, 0.717) is 15.9 Å². The average molecular weight is 318 g/mol. The van der Waals surface area contributed by atoms with E-state index in [2.05, 4.69) is 15.0 Å². The molecule has 0 amide bonds. The van der Waals surface area contributed by atoms with Crippen LogP contribution in [0.5, 0.6) is 0 Å². The van der Waals surface area contributed by atoms with E-state index in [-0.39, 0.29) is 17.1 Å². The Morgan fingerprint density at radius 3 is 2.86 bits per heavy atom. The highest BCUT2D eigenvalue weighted by Crippen LogP contribution is 2.17. The van der Waals surface area contributed by atoms with Gasteiger partial charge in [-0.05, 0) is 25.1 Å². The van der Waals surface area contributed by atoms with Gasteiger partial charge in [0.1, 0.15) is 5.69 Å². The number of fused-ring (bicyclic) bond motifs is 1. The van der Waals surface area contributed by atoms with Gasteiger partial charge in [0, 0.05) is 6.20 Å². The second-order valence-corrected chi connectivity index (χ2v) is 5.18. The molecular formula is C15H12ClN3O3. The summed E-state index contributed by atoms with van der Waals surface area (Å²) in [6.07, 6.45) is 0.783. The van der Waals surface area contributed by atoms with Gasteiger partial charge in [-0.25, -0.2) is 9.78 Å². The molecule has 6 nitrogen and oxygen atoms in total. The number of aromatic amines is 2. The molecule has 0 fully saturated rings. The van der Waals surface area contributed by atoms with Gasteiger partial charge in [-0.1, -0.05) is 23.7 Å². The van der Waals surface area contributed by atoms with Crippen molar-refractivity contribution in [2.75, 3.05) is 0 Å². The maximum absolute atomic E-state index is 12.0. The number of hydrogen-bond donors (Lipinski definition) is 2. The first kappa shape index (κ1) is 14.3. The molecule has 2 aromatic heterocycles. The van der Waals surface area contributed by atoms with Gasteiger partial charge in [0.2, 0.25) is 0 Å². The van der Waals surface area contributed by atoms with Crippen LogP contribution in [0.15, 0.2) is 41.3 Å². The normalized spacial score (nSPS) is 12.3. The van der Waals surface area contributed by atoms with Crippen molar-refractivity contribution in [2.45, 2.75) is 13.0 Å². The van der Waals surface area contributed by atoms with Gasteiger partial charge in [0.25, 0.3) is 5.56 Å². The minimum atomic E-state index is -0.702. The molecule has 0 saturated carbocycles. The molecule has 0 aliphatic carbocycles. The minimum Gasteiger partial charge on any atom is -0.450 e. The van der Waals surface area contributed by atoms with Gasteiger partial charge in [-0.2, -0.15) is 0 Å². The van der Waals surface area contributed by atoms with Crippen molar-refractivity contribution in [3.8, 4) is 0 Å². The third-order valence-corrected chi connectivity index (χ3v) is 3.39. The van der Waals surface area contributed by atoms with Crippen molar-refractivity contribution in [1.82, 2.24) is 15.0 Å². The van der Waals surface area contributed by atoms with Crippen LogP contribution in [0.25, 0.3) is 10.9 Å². The lowest BCUT2D eigenvalue weighted by atomic mass is 10.2. The third kappa shape index (κ3) is 2.73. The fraction of sp³-hybridized carbons (Fsp3) is 0.133. The average Bonchev–Trinajstić information content (AvgIpc) is 2.94. The van der Waals surface area contributed by atoms with E-state index in [1.54, 1.807) is 31.2 Å². The van der Waals surface area contributed by atoms with Crippen LogP contribution < -0.4 is 5.56 Å². The highest BCUT2D eigenvalue weighted by atomic mass is 35.5. The van der Waals surface area contributed by atoms with Crippen molar-refractivity contribution in [2.24, 2.45) is 0 Å². The topological polar surface area (TPSA) is 87.8 Å². The summed E-state index contributed by atoms with van der Waals surface area (Å²) in [6, 6.07) is 8.43. The van der Waals surface area contributed by atoms with Gasteiger partial charge in [0.15, 0.2) is 11.9 Å². The van der Waals surface area contributed by atoms with E-state index in [1.807, 2.05) is 0 Å². The van der Waals surface area contributed by atoms with Crippen molar-refractivity contribution in [3.05, 3.63) is 63.4 Å². The molecular weight excluding hydrogens is 306 g/mol. The predicted molar refractivity (Wildman–Crippen MR) is 82.0 cm³/mol. The van der Waals surface area contributed by atoms with Crippen LogP contribution in [0.3, 0.4) is 0 Å². The van der Waals surface area contributed by atoms with Crippen molar-refractivity contribution >= 4 is 28.5 Å². The number of ether oxygens (including phenoxy) is 1. The smallest absolute Gasteiger partial charge is 0.355 e. The summed E-state index contributed by atoms with van der Waals surface area (Å²) < 4.78 is 5.28. The first-order valence-electron chi connectivity index (χ1n) is 6.58. The van der Waals surface area contributed by atoms with Crippen LogP contribution in [0.4, 0.5) is 0 Å². The fourth-order valence-electron chi connectivity index (χ4n) is 2.06. The van der Waals surface area contributed by atoms with Crippen LogP contribution in [0.1, 0.15) is 29.3 Å². The molecule has 0 unspecified atom stereocenters. The molecule has 22 heavy (non-hydrogen) atoms. The third-order valence-electron chi connectivity index (χ3n) is 3.17. The summed E-state index contributed by atoms with van der Waals surface area (Å²) >= 11 is 5.75. The van der Waals surface area contributed by atoms with Crippen LogP contribution in [0, 0.1) is 0 Å². The number of H-pyrrole nitrogens is 2. The van der Waals surface area contributed by atoms with Crippen LogP contribution in [-0.2, 0) is 4.74 Å². The second kappa shape index (κ2) is 5.65. The molecule has 0 aliphatic heterocycles. The summed E-state index contributed by atoms with van der Waals surface area (Å²) in [7, 11) is 0. The molecule has 0 bridgehead atoms. The van der Waals surface area contributed by atoms with E-state index >= 15 is 0 Å². The van der Waals surface area contributed by atoms with Gasteiger partial charge in [-0.15, -0.1) is 0 Å². The quantitative estimate of drug-likeness (QED) is 0.727. The summed E-state index contributed by atoms with van der Waals surface area (Å²) in [5.41, 5.74) is 0.512. The van der Waals surface area contributed by atoms with Gasteiger partial charge in [0.05, 0.1) is 15.9 Å². The molecule has 0 aliphatic rings. The number of hydrogen-bond acceptors (Lipinski definition) is 4. The van der Waals surface area contributed by atoms with E-state index in [1.165, 1.54) is 12.3 Å². The number of carbonyl (C=O) groups excluding carboxylic acids is 1. The molecule has 3 rings (SSSR count). The van der Waals surface area contributed by atoms with Gasteiger partial charge >= 0.3 is 5.97 Å². The maximum atomic E-state index is 12.0. The molecule has 7 heteroatoms. The number of carbonyl (C=O) groups is 1. The highest BCUT2D eigenvalue weighted by Gasteiger charge is 2.17. The molecule has 0 saturated heterocycles. The Bertz CT molecular complexity index is 900. The van der Waals surface area contributed by atoms with E-state index in [0.717, 1.165) is 0 Å². The summed E-state index contributed by atoms with van der Waals surface area (Å²) in [6.45, 7) is 1.63. The van der Waals surface area contributed by atoms with Gasteiger partial charge in [-0.3, -0.25) is 4.79 Å². The molecule has 0 radical (unpaired) electrons. The van der Waals surface area contributed by atoms with Gasteiger partial charge < -0.3 is 14.7 Å². The molecule has 1 atom stereocenters. The number of esters is 1. The first-order chi connectivity index (χ1) is 10.5. The Hall–Kier alpha value is -2.60.